The average molecular weight is 267 g/mol. The van der Waals surface area contributed by atoms with Crippen LogP contribution in [0.3, 0.4) is 0 Å². The highest BCUT2D eigenvalue weighted by Gasteiger charge is 2.33. The Morgan fingerprint density at radius 1 is 1.39 bits per heavy atom. The third kappa shape index (κ3) is 3.25. The van der Waals surface area contributed by atoms with Crippen LogP contribution in [0, 0.1) is 0 Å². The first-order valence-electron chi connectivity index (χ1n) is 6.75. The van der Waals surface area contributed by atoms with Gasteiger partial charge in [0.15, 0.2) is 0 Å². The monoisotopic (exact) mass is 266 g/mol. The molecule has 0 amide bonds. The maximum absolute atomic E-state index is 6.04. The largest absolute Gasteiger partial charge is 0.315 e. The van der Waals surface area contributed by atoms with Gasteiger partial charge in [0.1, 0.15) is 0 Å². The predicted octanol–water partition coefficient (Wildman–Crippen LogP) is 2.96. The van der Waals surface area contributed by atoms with Gasteiger partial charge < -0.3 is 10.2 Å². The van der Waals surface area contributed by atoms with Crippen molar-refractivity contribution in [3.05, 3.63) is 34.9 Å². The lowest BCUT2D eigenvalue weighted by Gasteiger charge is -2.43. The van der Waals surface area contributed by atoms with Gasteiger partial charge >= 0.3 is 0 Å². The molecule has 1 aliphatic heterocycles. The molecule has 1 aromatic rings. The number of nitrogens with zero attached hydrogens (tertiary/aromatic N) is 1. The van der Waals surface area contributed by atoms with Crippen molar-refractivity contribution in [2.24, 2.45) is 0 Å². The van der Waals surface area contributed by atoms with Crippen LogP contribution >= 0.6 is 11.6 Å². The third-order valence-corrected chi connectivity index (χ3v) is 4.40. The second-order valence-electron chi connectivity index (χ2n) is 5.53. The molecular formula is C15H23ClN2. The Labute approximate surface area is 115 Å². The number of aryl methyl sites for hydroxylation is 1. The SMILES string of the molecule is CN(C)[C@@]1(CCc2cccc(Cl)c2)CCCNC1. The van der Waals surface area contributed by atoms with E-state index in [0.717, 1.165) is 24.5 Å². The van der Waals surface area contributed by atoms with E-state index < -0.39 is 0 Å². The molecule has 1 fully saturated rings. The first-order valence-corrected chi connectivity index (χ1v) is 7.13. The molecule has 0 aliphatic carbocycles. The van der Waals surface area contributed by atoms with Gasteiger partial charge in [-0.25, -0.2) is 0 Å². The summed E-state index contributed by atoms with van der Waals surface area (Å²) in [4.78, 5) is 2.39. The molecule has 1 saturated heterocycles. The minimum Gasteiger partial charge on any atom is -0.315 e. The first kappa shape index (κ1) is 13.9. The Bertz CT molecular complexity index is 384. The number of hydrogen-bond acceptors (Lipinski definition) is 2. The van der Waals surface area contributed by atoms with Crippen LogP contribution < -0.4 is 5.32 Å². The molecule has 1 aliphatic rings. The van der Waals surface area contributed by atoms with Crippen LogP contribution in [0.5, 0.6) is 0 Å². The summed E-state index contributed by atoms with van der Waals surface area (Å²) in [6.45, 7) is 2.26. The lowest BCUT2D eigenvalue weighted by atomic mass is 9.83. The molecule has 0 saturated carbocycles. The van der Waals surface area contributed by atoms with Crippen LogP contribution in [0.25, 0.3) is 0 Å². The lowest BCUT2D eigenvalue weighted by molar-refractivity contribution is 0.104. The number of hydrogen-bond donors (Lipinski definition) is 1. The molecule has 1 aromatic carbocycles. The molecule has 0 aromatic heterocycles. The molecule has 3 heteroatoms. The Morgan fingerprint density at radius 3 is 2.83 bits per heavy atom. The minimum absolute atomic E-state index is 0.306. The summed E-state index contributed by atoms with van der Waals surface area (Å²) in [6, 6.07) is 8.24. The van der Waals surface area contributed by atoms with Crippen LogP contribution in [-0.2, 0) is 6.42 Å². The van der Waals surface area contributed by atoms with Crippen molar-refractivity contribution < 1.29 is 0 Å². The average Bonchev–Trinajstić information content (AvgIpc) is 2.37. The summed E-state index contributed by atoms with van der Waals surface area (Å²) in [7, 11) is 4.40. The fourth-order valence-electron chi connectivity index (χ4n) is 2.84. The van der Waals surface area contributed by atoms with Gasteiger partial charge in [0.2, 0.25) is 0 Å². The summed E-state index contributed by atoms with van der Waals surface area (Å²) in [6.07, 6.45) is 4.84. The number of likely N-dealkylation sites (N-methyl/N-ethyl adjacent to an activating group) is 1. The van der Waals surface area contributed by atoms with E-state index in [0.29, 0.717) is 5.54 Å². The highest BCUT2D eigenvalue weighted by atomic mass is 35.5. The number of nitrogens with one attached hydrogen (secondary N) is 1. The summed E-state index contributed by atoms with van der Waals surface area (Å²) < 4.78 is 0. The molecule has 0 radical (unpaired) electrons. The van der Waals surface area contributed by atoms with Crippen molar-refractivity contribution in [1.29, 1.82) is 0 Å². The van der Waals surface area contributed by atoms with Crippen LogP contribution in [0.4, 0.5) is 0 Å². The number of benzene rings is 1. The second-order valence-corrected chi connectivity index (χ2v) is 5.97. The van der Waals surface area contributed by atoms with Crippen molar-refractivity contribution in [3.63, 3.8) is 0 Å². The van der Waals surface area contributed by atoms with E-state index in [1.54, 1.807) is 0 Å². The fraction of sp³-hybridized carbons (Fsp3) is 0.600. The van der Waals surface area contributed by atoms with Crippen LogP contribution in [-0.4, -0.2) is 37.6 Å². The van der Waals surface area contributed by atoms with Gasteiger partial charge in [-0.2, -0.15) is 0 Å². The van der Waals surface area contributed by atoms with E-state index in [9.17, 15) is 0 Å². The molecule has 2 nitrogen and oxygen atoms in total. The molecule has 0 spiro atoms. The zero-order valence-electron chi connectivity index (χ0n) is 11.4. The molecule has 2 rings (SSSR count). The van der Waals surface area contributed by atoms with Crippen molar-refractivity contribution in [1.82, 2.24) is 10.2 Å². The molecule has 1 N–H and O–H groups in total. The summed E-state index contributed by atoms with van der Waals surface area (Å²) in [5.41, 5.74) is 1.65. The summed E-state index contributed by atoms with van der Waals surface area (Å²) >= 11 is 6.04. The van der Waals surface area contributed by atoms with Crippen LogP contribution in [0.2, 0.25) is 5.02 Å². The van der Waals surface area contributed by atoms with E-state index in [-0.39, 0.29) is 0 Å². The van der Waals surface area contributed by atoms with Gasteiger partial charge in [0.05, 0.1) is 0 Å². The molecule has 0 bridgehead atoms. The molecular weight excluding hydrogens is 244 g/mol. The Hall–Kier alpha value is -0.570. The Balaban J connectivity index is 2.01. The van der Waals surface area contributed by atoms with Gasteiger partial charge in [0.25, 0.3) is 0 Å². The van der Waals surface area contributed by atoms with E-state index in [2.05, 4.69) is 36.4 Å². The highest BCUT2D eigenvalue weighted by Crippen LogP contribution is 2.27. The van der Waals surface area contributed by atoms with Crippen LogP contribution in [0.1, 0.15) is 24.8 Å². The van der Waals surface area contributed by atoms with Gasteiger partial charge in [-0.3, -0.25) is 0 Å². The molecule has 1 heterocycles. The van der Waals surface area contributed by atoms with Crippen molar-refractivity contribution in [2.75, 3.05) is 27.2 Å². The molecule has 1 atom stereocenters. The second kappa shape index (κ2) is 6.05. The normalized spacial score (nSPS) is 24.4. The Kier molecular flexibility index (Phi) is 4.66. The zero-order valence-corrected chi connectivity index (χ0v) is 12.1. The molecule has 18 heavy (non-hydrogen) atoms. The topological polar surface area (TPSA) is 15.3 Å². The number of piperidine rings is 1. The maximum atomic E-state index is 6.04. The molecule has 100 valence electrons. The summed E-state index contributed by atoms with van der Waals surface area (Å²) in [5, 5.41) is 4.38. The molecule has 0 unspecified atom stereocenters. The summed E-state index contributed by atoms with van der Waals surface area (Å²) in [5.74, 6) is 0. The smallest absolute Gasteiger partial charge is 0.0408 e. The van der Waals surface area contributed by atoms with Crippen molar-refractivity contribution in [3.8, 4) is 0 Å². The zero-order chi connectivity index (χ0) is 13.0. The third-order valence-electron chi connectivity index (χ3n) is 4.17. The lowest BCUT2D eigenvalue weighted by Crippen LogP contribution is -2.55. The number of rotatable bonds is 4. The first-order chi connectivity index (χ1) is 8.62. The quantitative estimate of drug-likeness (QED) is 0.902. The predicted molar refractivity (Wildman–Crippen MR) is 78.3 cm³/mol. The van der Waals surface area contributed by atoms with Gasteiger partial charge in [-0.15, -0.1) is 0 Å². The van der Waals surface area contributed by atoms with E-state index >= 15 is 0 Å². The van der Waals surface area contributed by atoms with E-state index in [1.165, 1.54) is 24.8 Å². The van der Waals surface area contributed by atoms with Crippen molar-refractivity contribution >= 4 is 11.6 Å². The fourth-order valence-corrected chi connectivity index (χ4v) is 3.05. The highest BCUT2D eigenvalue weighted by molar-refractivity contribution is 6.30. The Morgan fingerprint density at radius 2 is 2.22 bits per heavy atom. The minimum atomic E-state index is 0.306. The maximum Gasteiger partial charge on any atom is 0.0408 e. The standard InChI is InChI=1S/C15H23ClN2/c1-18(2)15(8-4-10-17-12-15)9-7-13-5-3-6-14(16)11-13/h3,5-6,11,17H,4,7-10,12H2,1-2H3/t15-/m1/s1. The van der Waals surface area contributed by atoms with Gasteiger partial charge in [-0.1, -0.05) is 23.7 Å². The van der Waals surface area contributed by atoms with E-state index in [4.69, 9.17) is 11.6 Å². The van der Waals surface area contributed by atoms with E-state index in [1.807, 2.05) is 12.1 Å². The van der Waals surface area contributed by atoms with Gasteiger partial charge in [0, 0.05) is 17.1 Å². The van der Waals surface area contributed by atoms with Gasteiger partial charge in [-0.05, 0) is 64.0 Å². The van der Waals surface area contributed by atoms with Crippen LogP contribution in [0.15, 0.2) is 24.3 Å². The number of halogens is 1. The van der Waals surface area contributed by atoms with Crippen molar-refractivity contribution in [2.45, 2.75) is 31.2 Å².